The maximum absolute atomic E-state index is 11.2. The van der Waals surface area contributed by atoms with Crippen LogP contribution in [0.2, 0.25) is 0 Å². The van der Waals surface area contributed by atoms with Gasteiger partial charge in [0.05, 0.1) is 5.56 Å². The van der Waals surface area contributed by atoms with E-state index in [9.17, 15) is 9.90 Å². The van der Waals surface area contributed by atoms with Crippen LogP contribution in [0, 0.1) is 0 Å². The fourth-order valence-electron chi connectivity index (χ4n) is 1.82. The summed E-state index contributed by atoms with van der Waals surface area (Å²) >= 11 is 1.61. The minimum absolute atomic E-state index is 0.0240. The number of fused-ring (bicyclic) bond motifs is 1. The molecule has 0 saturated heterocycles. The predicted octanol–water partition coefficient (Wildman–Crippen LogP) is 3.90. The molecule has 1 N–H and O–H groups in total. The Balaban J connectivity index is 2.83. The highest BCUT2D eigenvalue weighted by Crippen LogP contribution is 2.36. The lowest BCUT2D eigenvalue weighted by Crippen LogP contribution is -2.11. The molecule has 0 atom stereocenters. The Bertz CT molecular complexity index is 547. The van der Waals surface area contributed by atoms with Crippen molar-refractivity contribution in [2.75, 3.05) is 0 Å². The first-order chi connectivity index (χ1) is 7.41. The Kier molecular flexibility index (Phi) is 2.50. The summed E-state index contributed by atoms with van der Waals surface area (Å²) in [4.78, 5) is 11.2. The molecule has 0 aliphatic heterocycles. The van der Waals surface area contributed by atoms with E-state index in [-0.39, 0.29) is 5.41 Å². The fourth-order valence-corrected chi connectivity index (χ4v) is 3.03. The van der Waals surface area contributed by atoms with E-state index in [1.807, 2.05) is 6.07 Å². The topological polar surface area (TPSA) is 37.3 Å². The van der Waals surface area contributed by atoms with Crippen molar-refractivity contribution in [1.29, 1.82) is 0 Å². The second-order valence-electron chi connectivity index (χ2n) is 4.88. The Morgan fingerprint density at radius 2 is 2.00 bits per heavy atom. The van der Waals surface area contributed by atoms with Crippen molar-refractivity contribution in [2.24, 2.45) is 0 Å². The molecule has 16 heavy (non-hydrogen) atoms. The van der Waals surface area contributed by atoms with E-state index in [1.54, 1.807) is 23.5 Å². The molecule has 2 rings (SSSR count). The summed E-state index contributed by atoms with van der Waals surface area (Å²) in [6.07, 6.45) is 0. The molecular formula is C13H14O2S. The number of aromatic carboxylic acids is 1. The molecule has 3 heteroatoms. The van der Waals surface area contributed by atoms with Gasteiger partial charge in [-0.3, -0.25) is 0 Å². The molecular weight excluding hydrogens is 220 g/mol. The van der Waals surface area contributed by atoms with Gasteiger partial charge in [0, 0.05) is 10.1 Å². The first-order valence-corrected chi connectivity index (χ1v) is 6.03. The number of hydrogen-bond acceptors (Lipinski definition) is 2. The average Bonchev–Trinajstić information content (AvgIpc) is 2.59. The van der Waals surface area contributed by atoms with Gasteiger partial charge < -0.3 is 5.11 Å². The van der Waals surface area contributed by atoms with Crippen molar-refractivity contribution in [3.8, 4) is 0 Å². The molecule has 0 aliphatic rings. The molecule has 1 aromatic carbocycles. The van der Waals surface area contributed by atoms with Crippen LogP contribution in [0.1, 0.15) is 36.7 Å². The lowest BCUT2D eigenvalue weighted by Gasteiger charge is -2.18. The highest BCUT2D eigenvalue weighted by atomic mass is 32.1. The van der Waals surface area contributed by atoms with Crippen molar-refractivity contribution < 1.29 is 9.90 Å². The van der Waals surface area contributed by atoms with E-state index in [0.717, 1.165) is 15.6 Å². The molecule has 0 bridgehead atoms. The van der Waals surface area contributed by atoms with Crippen LogP contribution in [0.15, 0.2) is 23.6 Å². The third kappa shape index (κ3) is 1.71. The monoisotopic (exact) mass is 234 g/mol. The quantitative estimate of drug-likeness (QED) is 0.812. The molecule has 1 aromatic heterocycles. The fraction of sp³-hybridized carbons (Fsp3) is 0.308. The molecule has 2 nitrogen and oxygen atoms in total. The lowest BCUT2D eigenvalue weighted by molar-refractivity contribution is 0.0699. The SMILES string of the molecule is CC(C)(C)c1csc2cccc(C(=O)O)c12. The highest BCUT2D eigenvalue weighted by Gasteiger charge is 2.21. The standard InChI is InChI=1S/C13H14O2S/c1-13(2,3)9-7-16-10-6-4-5-8(11(9)10)12(14)15/h4-7H,1-3H3,(H,14,15). The van der Waals surface area contributed by atoms with Crippen LogP contribution in [0.3, 0.4) is 0 Å². The Labute approximate surface area is 98.5 Å². The van der Waals surface area contributed by atoms with Crippen molar-refractivity contribution in [2.45, 2.75) is 26.2 Å². The zero-order chi connectivity index (χ0) is 11.9. The summed E-state index contributed by atoms with van der Waals surface area (Å²) in [5, 5.41) is 12.2. The van der Waals surface area contributed by atoms with E-state index < -0.39 is 5.97 Å². The van der Waals surface area contributed by atoms with E-state index in [1.165, 1.54) is 0 Å². The second kappa shape index (κ2) is 3.59. The van der Waals surface area contributed by atoms with Gasteiger partial charge in [-0.1, -0.05) is 26.8 Å². The molecule has 0 spiro atoms. The number of carbonyl (C=O) groups is 1. The first kappa shape index (κ1) is 11.1. The summed E-state index contributed by atoms with van der Waals surface area (Å²) in [6.45, 7) is 6.31. The number of rotatable bonds is 1. The van der Waals surface area contributed by atoms with Crippen LogP contribution in [0.25, 0.3) is 10.1 Å². The molecule has 0 saturated carbocycles. The smallest absolute Gasteiger partial charge is 0.336 e. The molecule has 0 fully saturated rings. The van der Waals surface area contributed by atoms with Crippen molar-refractivity contribution in [3.63, 3.8) is 0 Å². The number of benzene rings is 1. The Hall–Kier alpha value is -1.35. The van der Waals surface area contributed by atoms with E-state index in [2.05, 4.69) is 26.2 Å². The van der Waals surface area contributed by atoms with Crippen LogP contribution in [0.4, 0.5) is 0 Å². The zero-order valence-corrected chi connectivity index (χ0v) is 10.4. The van der Waals surface area contributed by atoms with E-state index in [0.29, 0.717) is 5.56 Å². The van der Waals surface area contributed by atoms with Crippen LogP contribution in [-0.4, -0.2) is 11.1 Å². The van der Waals surface area contributed by atoms with Gasteiger partial charge >= 0.3 is 5.97 Å². The summed E-state index contributed by atoms with van der Waals surface area (Å²) in [6, 6.07) is 5.45. The number of hydrogen-bond donors (Lipinski definition) is 1. The van der Waals surface area contributed by atoms with Crippen LogP contribution in [0.5, 0.6) is 0 Å². The molecule has 0 radical (unpaired) electrons. The maximum Gasteiger partial charge on any atom is 0.336 e. The maximum atomic E-state index is 11.2. The molecule has 0 aliphatic carbocycles. The summed E-state index contributed by atoms with van der Waals surface area (Å²) in [5.41, 5.74) is 1.50. The minimum atomic E-state index is -0.852. The Morgan fingerprint density at radius 3 is 2.56 bits per heavy atom. The van der Waals surface area contributed by atoms with Gasteiger partial charge in [-0.2, -0.15) is 0 Å². The lowest BCUT2D eigenvalue weighted by atomic mass is 9.85. The van der Waals surface area contributed by atoms with Gasteiger partial charge in [-0.15, -0.1) is 11.3 Å². The van der Waals surface area contributed by atoms with Crippen molar-refractivity contribution >= 4 is 27.4 Å². The van der Waals surface area contributed by atoms with Gasteiger partial charge in [0.15, 0.2) is 0 Å². The molecule has 2 aromatic rings. The largest absolute Gasteiger partial charge is 0.478 e. The first-order valence-electron chi connectivity index (χ1n) is 5.15. The predicted molar refractivity (Wildman–Crippen MR) is 67.5 cm³/mol. The normalized spacial score (nSPS) is 11.9. The van der Waals surface area contributed by atoms with Crippen LogP contribution in [-0.2, 0) is 5.41 Å². The Morgan fingerprint density at radius 1 is 1.31 bits per heavy atom. The van der Waals surface area contributed by atoms with E-state index in [4.69, 9.17) is 0 Å². The third-order valence-electron chi connectivity index (χ3n) is 2.64. The van der Waals surface area contributed by atoms with Gasteiger partial charge in [0.25, 0.3) is 0 Å². The highest BCUT2D eigenvalue weighted by molar-refractivity contribution is 7.17. The molecule has 0 amide bonds. The molecule has 1 heterocycles. The van der Waals surface area contributed by atoms with Gasteiger partial charge in [-0.05, 0) is 28.5 Å². The van der Waals surface area contributed by atoms with Crippen LogP contribution < -0.4 is 0 Å². The molecule has 0 unspecified atom stereocenters. The average molecular weight is 234 g/mol. The van der Waals surface area contributed by atoms with Gasteiger partial charge in [0.1, 0.15) is 0 Å². The minimum Gasteiger partial charge on any atom is -0.478 e. The second-order valence-corrected chi connectivity index (χ2v) is 5.79. The zero-order valence-electron chi connectivity index (χ0n) is 9.57. The summed E-state index contributed by atoms with van der Waals surface area (Å²) < 4.78 is 1.05. The van der Waals surface area contributed by atoms with Crippen molar-refractivity contribution in [1.82, 2.24) is 0 Å². The third-order valence-corrected chi connectivity index (χ3v) is 3.59. The number of carboxylic acid groups (broad SMARTS) is 1. The van der Waals surface area contributed by atoms with Gasteiger partial charge in [0.2, 0.25) is 0 Å². The van der Waals surface area contributed by atoms with Crippen molar-refractivity contribution in [3.05, 3.63) is 34.7 Å². The van der Waals surface area contributed by atoms with E-state index >= 15 is 0 Å². The van der Waals surface area contributed by atoms with Gasteiger partial charge in [-0.25, -0.2) is 4.79 Å². The number of thiophene rings is 1. The molecule has 84 valence electrons. The number of carboxylic acids is 1. The van der Waals surface area contributed by atoms with Crippen LogP contribution >= 0.6 is 11.3 Å². The summed E-state index contributed by atoms with van der Waals surface area (Å²) in [5.74, 6) is -0.852. The summed E-state index contributed by atoms with van der Waals surface area (Å²) in [7, 11) is 0.